The van der Waals surface area contributed by atoms with Gasteiger partial charge in [0.15, 0.2) is 18.2 Å². The van der Waals surface area contributed by atoms with Crippen LogP contribution < -0.4 is 19.7 Å². The van der Waals surface area contributed by atoms with Crippen LogP contribution in [0.5, 0.6) is 11.5 Å². The zero-order valence-electron chi connectivity index (χ0n) is 20.1. The average Bonchev–Trinajstić information content (AvgIpc) is 3.58. The number of rotatable bonds is 9. The van der Waals surface area contributed by atoms with Crippen LogP contribution in [0.4, 0.5) is 11.5 Å². The van der Waals surface area contributed by atoms with Crippen LogP contribution in [0.25, 0.3) is 10.9 Å². The van der Waals surface area contributed by atoms with Crippen LogP contribution in [0.15, 0.2) is 66.7 Å². The first kappa shape index (κ1) is 23.4. The van der Waals surface area contributed by atoms with Gasteiger partial charge in [0.05, 0.1) is 19.0 Å². The number of nitrogens with one attached hydrogen (secondary N) is 2. The number of ketones is 1. The summed E-state index contributed by atoms with van der Waals surface area (Å²) in [5.74, 6) is 1.40. The van der Waals surface area contributed by atoms with E-state index in [2.05, 4.69) is 20.4 Å². The molecule has 5 rings (SSSR count). The van der Waals surface area contributed by atoms with Gasteiger partial charge in [0, 0.05) is 29.7 Å². The van der Waals surface area contributed by atoms with Crippen molar-refractivity contribution >= 4 is 34.1 Å². The fourth-order valence-electron chi connectivity index (χ4n) is 4.35. The van der Waals surface area contributed by atoms with Crippen molar-refractivity contribution in [3.05, 3.63) is 77.9 Å². The molecule has 0 saturated carbocycles. The highest BCUT2D eigenvalue weighted by molar-refractivity contribution is 6.01. The Kier molecular flexibility index (Phi) is 6.84. The molecule has 8 heteroatoms. The number of Topliss-reactive ketones (excluding diaryl/α,β-unsaturated/α-hetero) is 1. The van der Waals surface area contributed by atoms with Gasteiger partial charge in [-0.05, 0) is 73.0 Å². The third kappa shape index (κ3) is 5.33. The summed E-state index contributed by atoms with van der Waals surface area (Å²) in [7, 11) is 1.60. The van der Waals surface area contributed by atoms with E-state index < -0.39 is 0 Å². The highest BCUT2D eigenvalue weighted by Gasteiger charge is 2.15. The standard InChI is InChI=1S/C28H28N4O4/c1-35-22-10-4-19(5-11-22)16-27(34)29-28-24-17-23(12-13-25(24)30-31-28)36-18-26(33)20-6-8-21(9-7-20)32-14-2-3-15-32/h4-13,17H,2-3,14-16,18H2,1H3,(H2,29,30,31,34). The minimum atomic E-state index is -0.188. The SMILES string of the molecule is COc1ccc(CC(=O)Nc2n[nH]c3ccc(OCC(=O)c4ccc(N5CCCC5)cc4)cc23)cc1. The first-order valence-electron chi connectivity index (χ1n) is 12.0. The van der Waals surface area contributed by atoms with Gasteiger partial charge in [0.1, 0.15) is 11.5 Å². The number of amides is 1. The van der Waals surface area contributed by atoms with E-state index in [0.29, 0.717) is 22.5 Å². The summed E-state index contributed by atoms with van der Waals surface area (Å²) in [6.07, 6.45) is 2.63. The smallest absolute Gasteiger partial charge is 0.230 e. The maximum Gasteiger partial charge on any atom is 0.230 e. The monoisotopic (exact) mass is 484 g/mol. The lowest BCUT2D eigenvalue weighted by Crippen LogP contribution is -2.18. The fraction of sp³-hybridized carbons (Fsp3) is 0.250. The number of aromatic nitrogens is 2. The molecule has 0 radical (unpaired) electrons. The summed E-state index contributed by atoms with van der Waals surface area (Å²) >= 11 is 0. The van der Waals surface area contributed by atoms with Gasteiger partial charge in [-0.25, -0.2) is 0 Å². The lowest BCUT2D eigenvalue weighted by atomic mass is 10.1. The van der Waals surface area contributed by atoms with E-state index in [9.17, 15) is 9.59 Å². The molecule has 2 N–H and O–H groups in total. The maximum absolute atomic E-state index is 12.7. The maximum atomic E-state index is 12.7. The molecule has 1 aliphatic heterocycles. The number of carbonyl (C=O) groups excluding carboxylic acids is 2. The Morgan fingerprint density at radius 2 is 1.69 bits per heavy atom. The summed E-state index contributed by atoms with van der Waals surface area (Å²) in [6.45, 7) is 2.05. The Balaban J connectivity index is 1.20. The predicted octanol–water partition coefficient (Wildman–Crippen LogP) is 4.61. The largest absolute Gasteiger partial charge is 0.497 e. The number of H-pyrrole nitrogens is 1. The first-order valence-corrected chi connectivity index (χ1v) is 12.0. The molecule has 184 valence electrons. The molecule has 0 spiro atoms. The van der Waals surface area contributed by atoms with Crippen molar-refractivity contribution in [2.75, 3.05) is 37.0 Å². The number of nitrogens with zero attached hydrogens (tertiary/aromatic N) is 2. The molecule has 36 heavy (non-hydrogen) atoms. The molecular weight excluding hydrogens is 456 g/mol. The first-order chi connectivity index (χ1) is 17.6. The van der Waals surface area contributed by atoms with E-state index in [4.69, 9.17) is 9.47 Å². The number of fused-ring (bicyclic) bond motifs is 1. The van der Waals surface area contributed by atoms with Gasteiger partial charge in [0.25, 0.3) is 0 Å². The molecule has 1 aliphatic rings. The number of ether oxygens (including phenoxy) is 2. The Morgan fingerprint density at radius 3 is 2.42 bits per heavy atom. The van der Waals surface area contributed by atoms with Gasteiger partial charge >= 0.3 is 0 Å². The Labute approximate surface area is 209 Å². The van der Waals surface area contributed by atoms with Gasteiger partial charge in [-0.15, -0.1) is 0 Å². The van der Waals surface area contributed by atoms with E-state index >= 15 is 0 Å². The zero-order chi connectivity index (χ0) is 24.9. The molecule has 3 aromatic carbocycles. The lowest BCUT2D eigenvalue weighted by molar-refractivity contribution is -0.115. The molecule has 0 bridgehead atoms. The van der Waals surface area contributed by atoms with E-state index in [1.807, 2.05) is 54.6 Å². The Bertz CT molecular complexity index is 1360. The molecule has 0 unspecified atom stereocenters. The molecular formula is C28H28N4O4. The van der Waals surface area contributed by atoms with Crippen LogP contribution in [-0.4, -0.2) is 48.7 Å². The van der Waals surface area contributed by atoms with Gasteiger partial charge in [-0.3, -0.25) is 14.7 Å². The van der Waals surface area contributed by atoms with E-state index in [1.54, 1.807) is 19.2 Å². The number of hydrogen-bond acceptors (Lipinski definition) is 6. The molecule has 0 atom stereocenters. The number of methoxy groups -OCH3 is 1. The number of anilines is 2. The van der Waals surface area contributed by atoms with Crippen LogP contribution in [0.2, 0.25) is 0 Å². The second-order valence-electron chi connectivity index (χ2n) is 8.81. The summed E-state index contributed by atoms with van der Waals surface area (Å²) in [5.41, 5.74) is 3.39. The van der Waals surface area contributed by atoms with Crippen molar-refractivity contribution in [1.82, 2.24) is 10.2 Å². The average molecular weight is 485 g/mol. The van der Waals surface area contributed by atoms with Crippen molar-refractivity contribution in [2.45, 2.75) is 19.3 Å². The summed E-state index contributed by atoms with van der Waals surface area (Å²) < 4.78 is 10.9. The normalized spacial score (nSPS) is 13.1. The fourth-order valence-corrected chi connectivity index (χ4v) is 4.35. The molecule has 4 aromatic rings. The van der Waals surface area contributed by atoms with Crippen molar-refractivity contribution in [2.24, 2.45) is 0 Å². The van der Waals surface area contributed by atoms with Gasteiger partial charge in [-0.2, -0.15) is 5.10 Å². The summed E-state index contributed by atoms with van der Waals surface area (Å²) in [6, 6.07) is 20.4. The summed E-state index contributed by atoms with van der Waals surface area (Å²) in [5, 5.41) is 10.7. The summed E-state index contributed by atoms with van der Waals surface area (Å²) in [4.78, 5) is 27.6. The Hall–Kier alpha value is -4.33. The lowest BCUT2D eigenvalue weighted by Gasteiger charge is -2.17. The molecule has 1 fully saturated rings. The third-order valence-corrected chi connectivity index (χ3v) is 6.35. The van der Waals surface area contributed by atoms with E-state index in [1.165, 1.54) is 12.8 Å². The third-order valence-electron chi connectivity index (χ3n) is 6.35. The molecule has 8 nitrogen and oxygen atoms in total. The Morgan fingerprint density at radius 1 is 0.972 bits per heavy atom. The zero-order valence-corrected chi connectivity index (χ0v) is 20.1. The molecule has 1 amide bonds. The number of aromatic amines is 1. The second-order valence-corrected chi connectivity index (χ2v) is 8.81. The van der Waals surface area contributed by atoms with Crippen molar-refractivity contribution in [3.63, 3.8) is 0 Å². The number of hydrogen-bond donors (Lipinski definition) is 2. The van der Waals surface area contributed by atoms with Gasteiger partial charge < -0.3 is 19.7 Å². The van der Waals surface area contributed by atoms with Gasteiger partial charge in [-0.1, -0.05) is 12.1 Å². The van der Waals surface area contributed by atoms with Crippen LogP contribution in [0, 0.1) is 0 Å². The van der Waals surface area contributed by atoms with Crippen LogP contribution in [-0.2, 0) is 11.2 Å². The second kappa shape index (κ2) is 10.5. The highest BCUT2D eigenvalue weighted by atomic mass is 16.5. The van der Waals surface area contributed by atoms with Crippen molar-refractivity contribution in [1.29, 1.82) is 0 Å². The minimum absolute atomic E-state index is 0.0778. The topological polar surface area (TPSA) is 96.5 Å². The molecule has 2 heterocycles. The van der Waals surface area contributed by atoms with Crippen molar-refractivity contribution < 1.29 is 19.1 Å². The number of carbonyl (C=O) groups is 2. The van der Waals surface area contributed by atoms with Crippen LogP contribution in [0.3, 0.4) is 0 Å². The van der Waals surface area contributed by atoms with Gasteiger partial charge in [0.2, 0.25) is 5.91 Å². The molecule has 1 saturated heterocycles. The number of benzene rings is 3. The molecule has 0 aliphatic carbocycles. The quantitative estimate of drug-likeness (QED) is 0.337. The van der Waals surface area contributed by atoms with Crippen molar-refractivity contribution in [3.8, 4) is 11.5 Å². The van der Waals surface area contributed by atoms with Crippen LogP contribution in [0.1, 0.15) is 28.8 Å². The van der Waals surface area contributed by atoms with E-state index in [-0.39, 0.29) is 24.7 Å². The predicted molar refractivity (Wildman–Crippen MR) is 139 cm³/mol. The van der Waals surface area contributed by atoms with Crippen LogP contribution >= 0.6 is 0 Å². The van der Waals surface area contributed by atoms with E-state index in [0.717, 1.165) is 35.6 Å². The highest BCUT2D eigenvalue weighted by Crippen LogP contribution is 2.26. The minimum Gasteiger partial charge on any atom is -0.497 e. The molecule has 1 aromatic heterocycles.